The van der Waals surface area contributed by atoms with Crippen LogP contribution >= 0.6 is 0 Å². The molecule has 0 saturated heterocycles. The molecule has 4 heteroatoms. The highest BCUT2D eigenvalue weighted by molar-refractivity contribution is 5.85. The van der Waals surface area contributed by atoms with Crippen LogP contribution in [0.3, 0.4) is 0 Å². The lowest BCUT2D eigenvalue weighted by Crippen LogP contribution is -2.32. The summed E-state index contributed by atoms with van der Waals surface area (Å²) in [7, 11) is 1.80. The molecule has 1 N–H and O–H groups in total. The van der Waals surface area contributed by atoms with E-state index in [9.17, 15) is 4.79 Å². The summed E-state index contributed by atoms with van der Waals surface area (Å²) in [5, 5.41) is 7.43. The van der Waals surface area contributed by atoms with Crippen molar-refractivity contribution in [2.45, 2.75) is 52.1 Å². The minimum atomic E-state index is -0.103. The van der Waals surface area contributed by atoms with Crippen LogP contribution in [-0.4, -0.2) is 28.7 Å². The number of carbonyl (C=O) groups is 1. The largest absolute Gasteiger partial charge is 0.311 e. The van der Waals surface area contributed by atoms with Gasteiger partial charge in [-0.25, -0.2) is 0 Å². The molecule has 0 aliphatic rings. The average molecular weight is 237 g/mol. The van der Waals surface area contributed by atoms with Gasteiger partial charge in [0.2, 0.25) is 0 Å². The zero-order chi connectivity index (χ0) is 12.8. The summed E-state index contributed by atoms with van der Waals surface area (Å²) in [4.78, 5) is 11.7. The molecular weight excluding hydrogens is 214 g/mol. The number of rotatable bonds is 7. The Bertz CT molecular complexity index is 355. The molecule has 0 amide bonds. The van der Waals surface area contributed by atoms with Gasteiger partial charge < -0.3 is 5.32 Å². The Hall–Kier alpha value is -1.16. The van der Waals surface area contributed by atoms with E-state index in [2.05, 4.69) is 24.3 Å². The van der Waals surface area contributed by atoms with Gasteiger partial charge >= 0.3 is 0 Å². The van der Waals surface area contributed by atoms with Crippen molar-refractivity contribution in [3.63, 3.8) is 0 Å². The molecule has 1 rings (SSSR count). The van der Waals surface area contributed by atoms with Crippen molar-refractivity contribution < 1.29 is 4.79 Å². The minimum Gasteiger partial charge on any atom is -0.311 e. The molecule has 17 heavy (non-hydrogen) atoms. The second kappa shape index (κ2) is 6.55. The number of carbonyl (C=O) groups excluding carboxylic acids is 1. The van der Waals surface area contributed by atoms with Crippen molar-refractivity contribution >= 4 is 5.78 Å². The number of ketones is 1. The molecule has 0 bridgehead atoms. The molecule has 0 aromatic carbocycles. The van der Waals surface area contributed by atoms with Crippen LogP contribution in [0, 0.1) is 0 Å². The van der Waals surface area contributed by atoms with Gasteiger partial charge in [0.1, 0.15) is 0 Å². The van der Waals surface area contributed by atoms with Gasteiger partial charge in [0.05, 0.1) is 24.2 Å². The van der Waals surface area contributed by atoms with Gasteiger partial charge in [0.15, 0.2) is 5.78 Å². The van der Waals surface area contributed by atoms with Crippen LogP contribution in [0.15, 0.2) is 12.3 Å². The third-order valence-electron chi connectivity index (χ3n) is 3.25. The van der Waals surface area contributed by atoms with E-state index < -0.39 is 0 Å². The lowest BCUT2D eigenvalue weighted by molar-refractivity contribution is -0.119. The standard InChI is InChI=1S/C13H23N3O/c1-5-12(6-2)16-8-7-11(15-16)9-13(17)10(3)14-4/h7-8,10,12,14H,5-6,9H2,1-4H3. The van der Waals surface area contributed by atoms with Crippen molar-refractivity contribution in [3.05, 3.63) is 18.0 Å². The molecule has 0 fully saturated rings. The fourth-order valence-corrected chi connectivity index (χ4v) is 1.83. The summed E-state index contributed by atoms with van der Waals surface area (Å²) in [5.41, 5.74) is 0.865. The fraction of sp³-hybridized carbons (Fsp3) is 0.692. The zero-order valence-corrected chi connectivity index (χ0v) is 11.2. The maximum atomic E-state index is 11.7. The van der Waals surface area contributed by atoms with E-state index in [1.165, 1.54) is 0 Å². The first kappa shape index (κ1) is 13.9. The summed E-state index contributed by atoms with van der Waals surface area (Å²) in [5.74, 6) is 0.183. The topological polar surface area (TPSA) is 46.9 Å². The summed E-state index contributed by atoms with van der Waals surface area (Å²) in [6.45, 7) is 6.19. The molecule has 0 saturated carbocycles. The highest BCUT2D eigenvalue weighted by Gasteiger charge is 2.14. The number of nitrogens with zero attached hydrogens (tertiary/aromatic N) is 2. The summed E-state index contributed by atoms with van der Waals surface area (Å²) in [6.07, 6.45) is 4.52. The van der Waals surface area contributed by atoms with Crippen molar-refractivity contribution in [2.24, 2.45) is 0 Å². The first-order chi connectivity index (χ1) is 8.12. The Kier molecular flexibility index (Phi) is 5.35. The quantitative estimate of drug-likeness (QED) is 0.788. The lowest BCUT2D eigenvalue weighted by atomic mass is 10.1. The summed E-state index contributed by atoms with van der Waals surface area (Å²) in [6, 6.07) is 2.28. The van der Waals surface area contributed by atoms with Crippen molar-refractivity contribution in [2.75, 3.05) is 7.05 Å². The van der Waals surface area contributed by atoms with Crippen LogP contribution in [-0.2, 0) is 11.2 Å². The van der Waals surface area contributed by atoms with Crippen molar-refractivity contribution in [3.8, 4) is 0 Å². The van der Waals surface area contributed by atoms with Gasteiger partial charge in [0.25, 0.3) is 0 Å². The summed E-state index contributed by atoms with van der Waals surface area (Å²) >= 11 is 0. The van der Waals surface area contributed by atoms with E-state index >= 15 is 0 Å². The van der Waals surface area contributed by atoms with Gasteiger partial charge in [-0.05, 0) is 32.9 Å². The van der Waals surface area contributed by atoms with E-state index in [-0.39, 0.29) is 11.8 Å². The normalized spacial score (nSPS) is 13.0. The number of Topliss-reactive ketones (excluding diaryl/α,β-unsaturated/α-hetero) is 1. The van der Waals surface area contributed by atoms with Crippen molar-refractivity contribution in [1.29, 1.82) is 0 Å². The number of likely N-dealkylation sites (N-methyl/N-ethyl adjacent to an activating group) is 1. The predicted octanol–water partition coefficient (Wildman–Crippen LogP) is 1.96. The van der Waals surface area contributed by atoms with Crippen molar-refractivity contribution in [1.82, 2.24) is 15.1 Å². The SMILES string of the molecule is CCC(CC)n1ccc(CC(=O)C(C)NC)n1. The highest BCUT2D eigenvalue weighted by Crippen LogP contribution is 2.14. The van der Waals surface area contributed by atoms with E-state index in [1.54, 1.807) is 7.05 Å². The Morgan fingerprint density at radius 1 is 1.47 bits per heavy atom. The Balaban J connectivity index is 2.65. The average Bonchev–Trinajstić information content (AvgIpc) is 2.78. The molecule has 1 atom stereocenters. The molecule has 1 heterocycles. The van der Waals surface area contributed by atoms with E-state index in [1.807, 2.05) is 23.9 Å². The molecule has 0 aliphatic carbocycles. The van der Waals surface area contributed by atoms with Gasteiger partial charge in [-0.2, -0.15) is 5.10 Å². The molecule has 0 radical (unpaired) electrons. The second-order valence-electron chi connectivity index (χ2n) is 4.41. The monoisotopic (exact) mass is 237 g/mol. The molecule has 0 aliphatic heterocycles. The predicted molar refractivity (Wildman–Crippen MR) is 69.1 cm³/mol. The van der Waals surface area contributed by atoms with Crippen LogP contribution in [0.1, 0.15) is 45.3 Å². The first-order valence-electron chi connectivity index (χ1n) is 6.36. The van der Waals surface area contributed by atoms with Crippen LogP contribution in [0.25, 0.3) is 0 Å². The molecule has 0 spiro atoms. The molecule has 1 unspecified atom stereocenters. The van der Waals surface area contributed by atoms with Crippen LogP contribution in [0.4, 0.5) is 0 Å². The number of hydrogen-bond acceptors (Lipinski definition) is 3. The van der Waals surface area contributed by atoms with E-state index in [0.29, 0.717) is 12.5 Å². The maximum Gasteiger partial charge on any atom is 0.155 e. The maximum absolute atomic E-state index is 11.7. The Morgan fingerprint density at radius 3 is 2.65 bits per heavy atom. The first-order valence-corrected chi connectivity index (χ1v) is 6.36. The van der Waals surface area contributed by atoms with Gasteiger partial charge in [0, 0.05) is 6.20 Å². The van der Waals surface area contributed by atoms with E-state index in [0.717, 1.165) is 18.5 Å². The Morgan fingerprint density at radius 2 is 2.12 bits per heavy atom. The van der Waals surface area contributed by atoms with E-state index in [4.69, 9.17) is 0 Å². The van der Waals surface area contributed by atoms with Gasteiger partial charge in [-0.15, -0.1) is 0 Å². The zero-order valence-electron chi connectivity index (χ0n) is 11.2. The van der Waals surface area contributed by atoms with Gasteiger partial charge in [-0.1, -0.05) is 13.8 Å². The van der Waals surface area contributed by atoms with Crippen LogP contribution < -0.4 is 5.32 Å². The molecule has 96 valence electrons. The number of nitrogens with one attached hydrogen (secondary N) is 1. The lowest BCUT2D eigenvalue weighted by Gasteiger charge is -2.12. The third kappa shape index (κ3) is 3.66. The third-order valence-corrected chi connectivity index (χ3v) is 3.25. The van der Waals surface area contributed by atoms with Gasteiger partial charge in [-0.3, -0.25) is 9.48 Å². The molecule has 1 aromatic heterocycles. The van der Waals surface area contributed by atoms with Crippen LogP contribution in [0.2, 0.25) is 0 Å². The summed E-state index contributed by atoms with van der Waals surface area (Å²) < 4.78 is 1.98. The minimum absolute atomic E-state index is 0.103. The molecule has 1 aromatic rings. The van der Waals surface area contributed by atoms with Crippen LogP contribution in [0.5, 0.6) is 0 Å². The second-order valence-corrected chi connectivity index (χ2v) is 4.41. The number of aromatic nitrogens is 2. The smallest absolute Gasteiger partial charge is 0.155 e. The molecular formula is C13H23N3O. The highest BCUT2D eigenvalue weighted by atomic mass is 16.1. The Labute approximate surface area is 103 Å². The number of hydrogen-bond donors (Lipinski definition) is 1. The molecule has 4 nitrogen and oxygen atoms in total. The fourth-order valence-electron chi connectivity index (χ4n) is 1.83.